The SMILES string of the molecule is CN1C(=O)NCC1c1cc(F)ccc1F. The molecule has 1 atom stereocenters. The molecule has 1 saturated heterocycles. The highest BCUT2D eigenvalue weighted by molar-refractivity contribution is 5.76. The lowest BCUT2D eigenvalue weighted by molar-refractivity contribution is 0.216. The average Bonchev–Trinajstić information content (AvgIpc) is 2.52. The molecule has 1 aromatic carbocycles. The number of rotatable bonds is 1. The van der Waals surface area contributed by atoms with Gasteiger partial charge in [0.05, 0.1) is 6.04 Å². The van der Waals surface area contributed by atoms with Gasteiger partial charge in [-0.3, -0.25) is 0 Å². The number of urea groups is 1. The van der Waals surface area contributed by atoms with E-state index in [9.17, 15) is 13.6 Å². The molecule has 1 aromatic rings. The average molecular weight is 212 g/mol. The summed E-state index contributed by atoms with van der Waals surface area (Å²) in [5.74, 6) is -0.996. The standard InChI is InChI=1S/C10H10F2N2O/c1-14-9(5-13-10(14)15)7-4-6(11)2-3-8(7)12/h2-4,9H,5H2,1H3,(H,13,15). The Hall–Kier alpha value is -1.65. The van der Waals surface area contributed by atoms with Gasteiger partial charge in [-0.1, -0.05) is 0 Å². The number of nitrogens with one attached hydrogen (secondary N) is 1. The quantitative estimate of drug-likeness (QED) is 0.754. The molecule has 1 aliphatic rings. The van der Waals surface area contributed by atoms with Crippen LogP contribution in [0.15, 0.2) is 18.2 Å². The minimum absolute atomic E-state index is 0.204. The van der Waals surface area contributed by atoms with Gasteiger partial charge in [0.1, 0.15) is 11.6 Å². The van der Waals surface area contributed by atoms with Crippen LogP contribution in [0.2, 0.25) is 0 Å². The highest BCUT2D eigenvalue weighted by atomic mass is 19.1. The highest BCUT2D eigenvalue weighted by Crippen LogP contribution is 2.25. The summed E-state index contributed by atoms with van der Waals surface area (Å²) in [6.45, 7) is 0.301. The Labute approximate surface area is 85.7 Å². The van der Waals surface area contributed by atoms with Gasteiger partial charge in [-0.15, -0.1) is 0 Å². The number of hydrogen-bond donors (Lipinski definition) is 1. The van der Waals surface area contributed by atoms with Crippen LogP contribution in [0.25, 0.3) is 0 Å². The number of amides is 2. The predicted molar refractivity (Wildman–Crippen MR) is 50.3 cm³/mol. The first-order chi connectivity index (χ1) is 7.09. The smallest absolute Gasteiger partial charge is 0.317 e. The first-order valence-electron chi connectivity index (χ1n) is 4.55. The summed E-state index contributed by atoms with van der Waals surface area (Å²) < 4.78 is 26.3. The molecular formula is C10H10F2N2O. The highest BCUT2D eigenvalue weighted by Gasteiger charge is 2.30. The molecule has 80 valence electrons. The van der Waals surface area contributed by atoms with Crippen LogP contribution in [0.5, 0.6) is 0 Å². The third-order valence-corrected chi connectivity index (χ3v) is 2.55. The van der Waals surface area contributed by atoms with Gasteiger partial charge in [0.2, 0.25) is 0 Å². The molecule has 15 heavy (non-hydrogen) atoms. The van der Waals surface area contributed by atoms with Crippen LogP contribution in [0.3, 0.4) is 0 Å². The van der Waals surface area contributed by atoms with Crippen molar-refractivity contribution in [3.05, 3.63) is 35.4 Å². The van der Waals surface area contributed by atoms with E-state index in [0.29, 0.717) is 6.54 Å². The van der Waals surface area contributed by atoms with E-state index < -0.39 is 17.7 Å². The molecule has 5 heteroatoms. The minimum atomic E-state index is -0.501. The van der Waals surface area contributed by atoms with Crippen LogP contribution in [-0.4, -0.2) is 24.5 Å². The molecule has 0 aromatic heterocycles. The molecule has 0 bridgehead atoms. The van der Waals surface area contributed by atoms with Crippen molar-refractivity contribution in [2.24, 2.45) is 0 Å². The normalized spacial score (nSPS) is 20.6. The van der Waals surface area contributed by atoms with Crippen molar-refractivity contribution in [3.63, 3.8) is 0 Å². The van der Waals surface area contributed by atoms with Gasteiger partial charge in [-0.2, -0.15) is 0 Å². The Morgan fingerprint density at radius 1 is 1.47 bits per heavy atom. The Morgan fingerprint density at radius 2 is 2.20 bits per heavy atom. The molecule has 1 heterocycles. The third kappa shape index (κ3) is 1.65. The maximum absolute atomic E-state index is 13.4. The van der Waals surface area contributed by atoms with E-state index in [4.69, 9.17) is 0 Å². The number of benzene rings is 1. The summed E-state index contributed by atoms with van der Waals surface area (Å²) in [4.78, 5) is 12.5. The largest absolute Gasteiger partial charge is 0.336 e. The van der Waals surface area contributed by atoms with Crippen molar-refractivity contribution in [1.82, 2.24) is 10.2 Å². The van der Waals surface area contributed by atoms with Crippen molar-refractivity contribution >= 4 is 6.03 Å². The molecule has 1 unspecified atom stereocenters. The van der Waals surface area contributed by atoms with E-state index in [-0.39, 0.29) is 11.6 Å². The number of halogens is 2. The van der Waals surface area contributed by atoms with Gasteiger partial charge < -0.3 is 10.2 Å². The van der Waals surface area contributed by atoms with E-state index in [1.165, 1.54) is 4.90 Å². The van der Waals surface area contributed by atoms with E-state index >= 15 is 0 Å². The summed E-state index contributed by atoms with van der Waals surface area (Å²) in [5.41, 5.74) is 0.204. The molecule has 2 rings (SSSR count). The van der Waals surface area contributed by atoms with Gasteiger partial charge in [-0.25, -0.2) is 13.6 Å². The predicted octanol–water partition coefficient (Wildman–Crippen LogP) is 1.66. The van der Waals surface area contributed by atoms with Gasteiger partial charge >= 0.3 is 6.03 Å². The molecule has 1 N–H and O–H groups in total. The van der Waals surface area contributed by atoms with E-state index in [0.717, 1.165) is 18.2 Å². The zero-order chi connectivity index (χ0) is 11.0. The number of nitrogens with zero attached hydrogens (tertiary/aromatic N) is 1. The first kappa shape index (κ1) is 9.89. The zero-order valence-electron chi connectivity index (χ0n) is 8.13. The lowest BCUT2D eigenvalue weighted by Crippen LogP contribution is -2.25. The van der Waals surface area contributed by atoms with Crippen LogP contribution in [-0.2, 0) is 0 Å². The first-order valence-corrected chi connectivity index (χ1v) is 4.55. The lowest BCUT2D eigenvalue weighted by Gasteiger charge is -2.18. The Morgan fingerprint density at radius 3 is 2.80 bits per heavy atom. The fourth-order valence-corrected chi connectivity index (χ4v) is 1.68. The Bertz CT molecular complexity index is 408. The molecular weight excluding hydrogens is 202 g/mol. The molecule has 1 fully saturated rings. The molecule has 0 radical (unpaired) electrons. The third-order valence-electron chi connectivity index (χ3n) is 2.55. The topological polar surface area (TPSA) is 32.3 Å². The van der Waals surface area contributed by atoms with E-state index in [1.807, 2.05) is 0 Å². The zero-order valence-corrected chi connectivity index (χ0v) is 8.13. The van der Waals surface area contributed by atoms with Crippen molar-refractivity contribution in [2.45, 2.75) is 6.04 Å². The second kappa shape index (κ2) is 3.49. The monoisotopic (exact) mass is 212 g/mol. The summed E-state index contributed by atoms with van der Waals surface area (Å²) in [7, 11) is 1.55. The van der Waals surface area contributed by atoms with Crippen LogP contribution < -0.4 is 5.32 Å². The summed E-state index contributed by atoms with van der Waals surface area (Å²) in [6.07, 6.45) is 0. The van der Waals surface area contributed by atoms with Crippen LogP contribution in [0.1, 0.15) is 11.6 Å². The van der Waals surface area contributed by atoms with E-state index in [1.54, 1.807) is 7.05 Å². The fourth-order valence-electron chi connectivity index (χ4n) is 1.68. The number of hydrogen-bond acceptors (Lipinski definition) is 1. The van der Waals surface area contributed by atoms with E-state index in [2.05, 4.69) is 5.32 Å². The minimum Gasteiger partial charge on any atom is -0.336 e. The number of carbonyl (C=O) groups is 1. The maximum atomic E-state index is 13.4. The fraction of sp³-hybridized carbons (Fsp3) is 0.300. The summed E-state index contributed by atoms with van der Waals surface area (Å²) >= 11 is 0. The van der Waals surface area contributed by atoms with Crippen LogP contribution in [0.4, 0.5) is 13.6 Å². The Kier molecular flexibility index (Phi) is 2.30. The van der Waals surface area contributed by atoms with Crippen molar-refractivity contribution < 1.29 is 13.6 Å². The van der Waals surface area contributed by atoms with Crippen molar-refractivity contribution in [2.75, 3.05) is 13.6 Å². The van der Waals surface area contributed by atoms with Gasteiger partial charge in [0.25, 0.3) is 0 Å². The molecule has 0 spiro atoms. The Balaban J connectivity index is 2.37. The van der Waals surface area contributed by atoms with Gasteiger partial charge in [-0.05, 0) is 18.2 Å². The van der Waals surface area contributed by atoms with Gasteiger partial charge in [0, 0.05) is 19.2 Å². The van der Waals surface area contributed by atoms with Crippen LogP contribution >= 0.6 is 0 Å². The molecule has 0 aliphatic carbocycles. The molecule has 1 aliphatic heterocycles. The molecule has 3 nitrogen and oxygen atoms in total. The second-order valence-electron chi connectivity index (χ2n) is 3.48. The van der Waals surface area contributed by atoms with Gasteiger partial charge in [0.15, 0.2) is 0 Å². The number of carbonyl (C=O) groups excluding carboxylic acids is 1. The summed E-state index contributed by atoms with van der Waals surface area (Å²) in [5, 5.41) is 2.56. The summed E-state index contributed by atoms with van der Waals surface area (Å²) in [6, 6.07) is 2.54. The van der Waals surface area contributed by atoms with Crippen LogP contribution in [0, 0.1) is 11.6 Å². The molecule has 2 amide bonds. The number of likely N-dealkylation sites (N-methyl/N-ethyl adjacent to an activating group) is 1. The molecule has 0 saturated carbocycles. The van der Waals surface area contributed by atoms with Crippen molar-refractivity contribution in [1.29, 1.82) is 0 Å². The maximum Gasteiger partial charge on any atom is 0.317 e. The van der Waals surface area contributed by atoms with Crippen molar-refractivity contribution in [3.8, 4) is 0 Å². The second-order valence-corrected chi connectivity index (χ2v) is 3.48. The lowest BCUT2D eigenvalue weighted by atomic mass is 10.1.